The van der Waals surface area contributed by atoms with Crippen LogP contribution in [0.5, 0.6) is 0 Å². The lowest BCUT2D eigenvalue weighted by atomic mass is 9.81. The zero-order chi connectivity index (χ0) is 13.9. The molecule has 1 aliphatic heterocycles. The largest absolute Gasteiger partial charge is 0.330 e. The summed E-state index contributed by atoms with van der Waals surface area (Å²) in [6, 6.07) is 12.6. The van der Waals surface area contributed by atoms with Crippen LogP contribution < -0.4 is 5.73 Å². The fraction of sp³-hybridized carbons (Fsp3) is 0.667. The average molecular weight is 272 g/mol. The summed E-state index contributed by atoms with van der Waals surface area (Å²) in [5.41, 5.74) is 7.40. The monoisotopic (exact) mass is 272 g/mol. The van der Waals surface area contributed by atoms with Crippen LogP contribution in [0.15, 0.2) is 30.3 Å². The average Bonchev–Trinajstić information content (AvgIpc) is 2.89. The molecule has 2 heteroatoms. The van der Waals surface area contributed by atoms with E-state index >= 15 is 0 Å². The summed E-state index contributed by atoms with van der Waals surface area (Å²) in [4.78, 5) is 2.75. The molecule has 0 bridgehead atoms. The van der Waals surface area contributed by atoms with Crippen molar-refractivity contribution in [2.75, 3.05) is 13.1 Å². The Balaban J connectivity index is 1.56. The maximum Gasteiger partial charge on any atom is 0.00986 e. The maximum absolute atomic E-state index is 5.86. The predicted octanol–water partition coefficient (Wildman–Crippen LogP) is 3.38. The molecule has 1 aromatic carbocycles. The maximum atomic E-state index is 5.86. The summed E-state index contributed by atoms with van der Waals surface area (Å²) >= 11 is 0. The first-order valence-electron chi connectivity index (χ1n) is 8.28. The molecule has 2 unspecified atom stereocenters. The van der Waals surface area contributed by atoms with Crippen molar-refractivity contribution >= 4 is 0 Å². The molecule has 2 fully saturated rings. The number of benzene rings is 1. The Bertz CT molecular complexity index is 409. The lowest BCUT2D eigenvalue weighted by Gasteiger charge is -2.37. The second-order valence-corrected chi connectivity index (χ2v) is 6.80. The highest BCUT2D eigenvalue weighted by Crippen LogP contribution is 2.37. The first-order chi connectivity index (χ1) is 9.78. The van der Waals surface area contributed by atoms with Crippen LogP contribution in [0, 0.1) is 5.92 Å². The molecule has 2 nitrogen and oxygen atoms in total. The minimum absolute atomic E-state index is 0.733. The molecule has 1 saturated heterocycles. The van der Waals surface area contributed by atoms with Crippen LogP contribution >= 0.6 is 0 Å². The van der Waals surface area contributed by atoms with Gasteiger partial charge >= 0.3 is 0 Å². The predicted molar refractivity (Wildman–Crippen MR) is 84.8 cm³/mol. The van der Waals surface area contributed by atoms with E-state index < -0.39 is 0 Å². The number of hydrogen-bond donors (Lipinski definition) is 1. The second-order valence-electron chi connectivity index (χ2n) is 6.80. The van der Waals surface area contributed by atoms with Gasteiger partial charge in [-0.15, -0.1) is 0 Å². The highest BCUT2D eigenvalue weighted by Gasteiger charge is 2.35. The Labute approximate surface area is 123 Å². The molecule has 110 valence electrons. The Morgan fingerprint density at radius 3 is 2.40 bits per heavy atom. The molecule has 1 saturated carbocycles. The minimum atomic E-state index is 0.733. The van der Waals surface area contributed by atoms with E-state index in [1.165, 1.54) is 38.6 Å². The lowest BCUT2D eigenvalue weighted by Crippen LogP contribution is -2.40. The molecule has 3 rings (SSSR count). The first kappa shape index (κ1) is 14.1. The topological polar surface area (TPSA) is 29.3 Å². The number of likely N-dealkylation sites (tertiary alicyclic amines) is 1. The van der Waals surface area contributed by atoms with Gasteiger partial charge in [-0.25, -0.2) is 0 Å². The molecule has 0 aromatic heterocycles. The first-order valence-corrected chi connectivity index (χ1v) is 8.28. The van der Waals surface area contributed by atoms with Crippen LogP contribution in [0.4, 0.5) is 0 Å². The SMILES string of the molecule is CC1CC(CN)CN1C1CCC(c2ccccc2)CC1. The van der Waals surface area contributed by atoms with Crippen molar-refractivity contribution in [1.29, 1.82) is 0 Å². The van der Waals surface area contributed by atoms with Crippen LogP contribution in [-0.2, 0) is 0 Å². The van der Waals surface area contributed by atoms with Gasteiger partial charge in [-0.2, -0.15) is 0 Å². The summed E-state index contributed by atoms with van der Waals surface area (Å²) in [7, 11) is 0. The molecule has 2 N–H and O–H groups in total. The van der Waals surface area contributed by atoms with Gasteiger partial charge in [-0.05, 0) is 63.0 Å². The molecule has 20 heavy (non-hydrogen) atoms. The summed E-state index contributed by atoms with van der Waals surface area (Å²) in [6.45, 7) is 4.48. The third-order valence-corrected chi connectivity index (χ3v) is 5.48. The molecule has 0 spiro atoms. The van der Waals surface area contributed by atoms with Gasteiger partial charge in [-0.1, -0.05) is 30.3 Å². The fourth-order valence-corrected chi connectivity index (χ4v) is 4.32. The van der Waals surface area contributed by atoms with E-state index in [1.54, 1.807) is 5.56 Å². The van der Waals surface area contributed by atoms with Gasteiger partial charge in [-0.3, -0.25) is 4.90 Å². The molecule has 0 amide bonds. The Morgan fingerprint density at radius 2 is 1.80 bits per heavy atom. The van der Waals surface area contributed by atoms with Crippen LogP contribution in [0.1, 0.15) is 50.5 Å². The quantitative estimate of drug-likeness (QED) is 0.914. The van der Waals surface area contributed by atoms with Crippen molar-refractivity contribution < 1.29 is 0 Å². The van der Waals surface area contributed by atoms with Crippen LogP contribution in [0.25, 0.3) is 0 Å². The molecule has 2 aliphatic rings. The van der Waals surface area contributed by atoms with E-state index in [1.807, 2.05) is 0 Å². The van der Waals surface area contributed by atoms with Gasteiger partial charge in [0.1, 0.15) is 0 Å². The lowest BCUT2D eigenvalue weighted by molar-refractivity contribution is 0.141. The van der Waals surface area contributed by atoms with Gasteiger partial charge in [0.2, 0.25) is 0 Å². The van der Waals surface area contributed by atoms with Crippen LogP contribution in [0.2, 0.25) is 0 Å². The Kier molecular flexibility index (Phi) is 4.42. The smallest absolute Gasteiger partial charge is 0.00986 e. The van der Waals surface area contributed by atoms with Crippen molar-refractivity contribution in [2.24, 2.45) is 11.7 Å². The summed E-state index contributed by atoms with van der Waals surface area (Å²) in [5.74, 6) is 1.52. The number of rotatable bonds is 3. The van der Waals surface area contributed by atoms with Crippen molar-refractivity contribution in [1.82, 2.24) is 4.90 Å². The Hall–Kier alpha value is -0.860. The van der Waals surface area contributed by atoms with E-state index in [4.69, 9.17) is 5.73 Å². The zero-order valence-corrected chi connectivity index (χ0v) is 12.7. The van der Waals surface area contributed by atoms with E-state index in [2.05, 4.69) is 42.2 Å². The Morgan fingerprint density at radius 1 is 1.10 bits per heavy atom. The highest BCUT2D eigenvalue weighted by atomic mass is 15.2. The van der Waals surface area contributed by atoms with E-state index in [9.17, 15) is 0 Å². The molecular formula is C18H28N2. The molecule has 1 heterocycles. The normalized spacial score (nSPS) is 35.3. The number of hydrogen-bond acceptors (Lipinski definition) is 2. The van der Waals surface area contributed by atoms with E-state index in [0.717, 1.165) is 30.5 Å². The molecule has 2 atom stereocenters. The zero-order valence-electron chi connectivity index (χ0n) is 12.7. The van der Waals surface area contributed by atoms with Gasteiger partial charge in [0.25, 0.3) is 0 Å². The van der Waals surface area contributed by atoms with Gasteiger partial charge in [0.05, 0.1) is 0 Å². The second kappa shape index (κ2) is 6.28. The van der Waals surface area contributed by atoms with Gasteiger partial charge in [0, 0.05) is 18.6 Å². The standard InChI is InChI=1S/C18H28N2/c1-14-11-15(12-19)13-20(14)18-9-7-17(8-10-18)16-5-3-2-4-6-16/h2-6,14-15,17-18H,7-13,19H2,1H3. The third kappa shape index (κ3) is 2.91. The summed E-state index contributed by atoms with van der Waals surface area (Å²) in [5, 5.41) is 0. The molecule has 1 aliphatic carbocycles. The molecule has 1 aromatic rings. The van der Waals surface area contributed by atoms with E-state index in [0.29, 0.717) is 0 Å². The fourth-order valence-electron chi connectivity index (χ4n) is 4.32. The van der Waals surface area contributed by atoms with Gasteiger partial charge < -0.3 is 5.73 Å². The summed E-state index contributed by atoms with van der Waals surface area (Å²) in [6.07, 6.45) is 6.73. The van der Waals surface area contributed by atoms with Crippen molar-refractivity contribution in [3.63, 3.8) is 0 Å². The van der Waals surface area contributed by atoms with E-state index in [-0.39, 0.29) is 0 Å². The van der Waals surface area contributed by atoms with Crippen molar-refractivity contribution in [3.05, 3.63) is 35.9 Å². The molecule has 0 radical (unpaired) electrons. The number of nitrogens with two attached hydrogens (primary N) is 1. The minimum Gasteiger partial charge on any atom is -0.330 e. The van der Waals surface area contributed by atoms with Crippen LogP contribution in [0.3, 0.4) is 0 Å². The summed E-state index contributed by atoms with van der Waals surface area (Å²) < 4.78 is 0. The van der Waals surface area contributed by atoms with Crippen molar-refractivity contribution in [2.45, 2.75) is 57.0 Å². The highest BCUT2D eigenvalue weighted by molar-refractivity contribution is 5.20. The van der Waals surface area contributed by atoms with Gasteiger partial charge in [0.15, 0.2) is 0 Å². The van der Waals surface area contributed by atoms with Crippen molar-refractivity contribution in [3.8, 4) is 0 Å². The third-order valence-electron chi connectivity index (χ3n) is 5.48. The van der Waals surface area contributed by atoms with Crippen LogP contribution in [-0.4, -0.2) is 30.1 Å². The molecular weight excluding hydrogens is 244 g/mol. The number of nitrogens with zero attached hydrogens (tertiary/aromatic N) is 1.